The molecule has 0 amide bonds. The molecule has 104 valence electrons. The molecule has 0 saturated heterocycles. The van der Waals surface area contributed by atoms with Gasteiger partial charge in [0.15, 0.2) is 0 Å². The average molecular weight is 291 g/mol. The van der Waals surface area contributed by atoms with Crippen molar-refractivity contribution in [3.05, 3.63) is 58.9 Å². The zero-order valence-electron chi connectivity index (χ0n) is 11.1. The Morgan fingerprint density at radius 1 is 1.35 bits per heavy atom. The van der Waals surface area contributed by atoms with Gasteiger partial charge >= 0.3 is 5.97 Å². The number of halogens is 1. The number of hydrogen-bond donors (Lipinski definition) is 1. The van der Waals surface area contributed by atoms with E-state index < -0.39 is 5.97 Å². The van der Waals surface area contributed by atoms with Crippen LogP contribution in [0.2, 0.25) is 5.02 Å². The SMILES string of the molecule is Cc1cccnc1CN(CC(=O)O)c1cccc(Cl)c1. The largest absolute Gasteiger partial charge is 0.480 e. The Kier molecular flexibility index (Phi) is 4.58. The highest BCUT2D eigenvalue weighted by Gasteiger charge is 2.13. The van der Waals surface area contributed by atoms with Crippen molar-refractivity contribution in [2.45, 2.75) is 13.5 Å². The van der Waals surface area contributed by atoms with Crippen LogP contribution in [0.5, 0.6) is 0 Å². The second kappa shape index (κ2) is 6.39. The van der Waals surface area contributed by atoms with Crippen LogP contribution in [0.1, 0.15) is 11.3 Å². The third-order valence-corrected chi connectivity index (χ3v) is 3.19. The lowest BCUT2D eigenvalue weighted by Crippen LogP contribution is -2.29. The molecule has 1 aromatic heterocycles. The highest BCUT2D eigenvalue weighted by molar-refractivity contribution is 6.30. The molecule has 0 aliphatic rings. The second-order valence-electron chi connectivity index (χ2n) is 4.50. The molecular weight excluding hydrogens is 276 g/mol. The minimum atomic E-state index is -0.890. The van der Waals surface area contributed by atoms with E-state index in [2.05, 4.69) is 4.98 Å². The van der Waals surface area contributed by atoms with Crippen LogP contribution in [0.3, 0.4) is 0 Å². The van der Waals surface area contributed by atoms with E-state index in [1.165, 1.54) is 0 Å². The van der Waals surface area contributed by atoms with Crippen LogP contribution in [0.25, 0.3) is 0 Å². The van der Waals surface area contributed by atoms with Gasteiger partial charge in [-0.05, 0) is 36.8 Å². The Labute approximate surface area is 122 Å². The molecule has 0 aliphatic carbocycles. The molecule has 0 fully saturated rings. The van der Waals surface area contributed by atoms with Gasteiger partial charge in [-0.3, -0.25) is 9.78 Å². The predicted molar refractivity (Wildman–Crippen MR) is 79.1 cm³/mol. The zero-order valence-corrected chi connectivity index (χ0v) is 11.8. The summed E-state index contributed by atoms with van der Waals surface area (Å²) in [7, 11) is 0. The number of rotatable bonds is 5. The molecule has 1 N–H and O–H groups in total. The highest BCUT2D eigenvalue weighted by Crippen LogP contribution is 2.21. The standard InChI is InChI=1S/C15H15ClN2O2/c1-11-4-3-7-17-14(11)9-18(10-15(19)20)13-6-2-5-12(16)8-13/h2-8H,9-10H2,1H3,(H,19,20). The van der Waals surface area contributed by atoms with Crippen molar-refractivity contribution in [1.29, 1.82) is 0 Å². The number of aliphatic carboxylic acids is 1. The van der Waals surface area contributed by atoms with E-state index in [0.29, 0.717) is 11.6 Å². The number of hydrogen-bond acceptors (Lipinski definition) is 3. The molecule has 0 radical (unpaired) electrons. The number of carboxylic acid groups (broad SMARTS) is 1. The Hall–Kier alpha value is -2.07. The van der Waals surface area contributed by atoms with E-state index in [1.807, 2.05) is 25.1 Å². The molecule has 0 atom stereocenters. The van der Waals surface area contributed by atoms with Crippen molar-refractivity contribution in [1.82, 2.24) is 4.98 Å². The van der Waals surface area contributed by atoms with E-state index in [0.717, 1.165) is 16.9 Å². The predicted octanol–water partition coefficient (Wildman–Crippen LogP) is 3.13. The Morgan fingerprint density at radius 2 is 2.15 bits per heavy atom. The molecule has 0 saturated carbocycles. The molecule has 5 heteroatoms. The number of aromatic nitrogens is 1. The van der Waals surface area contributed by atoms with Gasteiger partial charge in [-0.1, -0.05) is 23.7 Å². The summed E-state index contributed by atoms with van der Waals surface area (Å²) < 4.78 is 0. The number of carboxylic acids is 1. The lowest BCUT2D eigenvalue weighted by Gasteiger charge is -2.23. The minimum Gasteiger partial charge on any atom is -0.480 e. The van der Waals surface area contributed by atoms with Crippen molar-refractivity contribution in [2.75, 3.05) is 11.4 Å². The Morgan fingerprint density at radius 3 is 2.80 bits per heavy atom. The van der Waals surface area contributed by atoms with Crippen molar-refractivity contribution in [3.63, 3.8) is 0 Å². The average Bonchev–Trinajstić information content (AvgIpc) is 2.40. The molecule has 2 rings (SSSR count). The van der Waals surface area contributed by atoms with E-state index in [4.69, 9.17) is 16.7 Å². The van der Waals surface area contributed by atoms with Gasteiger partial charge in [0.25, 0.3) is 0 Å². The first-order chi connectivity index (χ1) is 9.56. The van der Waals surface area contributed by atoms with Gasteiger partial charge in [-0.25, -0.2) is 0 Å². The maximum absolute atomic E-state index is 11.0. The molecule has 4 nitrogen and oxygen atoms in total. The molecule has 1 heterocycles. The van der Waals surface area contributed by atoms with Crippen LogP contribution < -0.4 is 4.90 Å². The quantitative estimate of drug-likeness (QED) is 0.919. The van der Waals surface area contributed by atoms with Gasteiger partial charge in [-0.2, -0.15) is 0 Å². The summed E-state index contributed by atoms with van der Waals surface area (Å²) >= 11 is 5.97. The first-order valence-electron chi connectivity index (χ1n) is 6.19. The van der Waals surface area contributed by atoms with Crippen LogP contribution >= 0.6 is 11.6 Å². The summed E-state index contributed by atoms with van der Waals surface area (Å²) in [6.07, 6.45) is 1.71. The fourth-order valence-electron chi connectivity index (χ4n) is 1.94. The van der Waals surface area contributed by atoms with Gasteiger partial charge in [0.1, 0.15) is 6.54 Å². The van der Waals surface area contributed by atoms with E-state index >= 15 is 0 Å². The number of nitrogens with zero attached hydrogens (tertiary/aromatic N) is 2. The summed E-state index contributed by atoms with van der Waals surface area (Å²) in [5.41, 5.74) is 2.66. The second-order valence-corrected chi connectivity index (χ2v) is 4.93. The molecule has 1 aromatic carbocycles. The molecule has 0 bridgehead atoms. The Balaban J connectivity index is 2.29. The van der Waals surface area contributed by atoms with E-state index in [9.17, 15) is 4.79 Å². The van der Waals surface area contributed by atoms with Crippen LogP contribution in [-0.2, 0) is 11.3 Å². The maximum Gasteiger partial charge on any atom is 0.323 e. The van der Waals surface area contributed by atoms with Gasteiger partial charge < -0.3 is 10.0 Å². The number of aryl methyl sites for hydroxylation is 1. The fraction of sp³-hybridized carbons (Fsp3) is 0.200. The summed E-state index contributed by atoms with van der Waals surface area (Å²) in [6, 6.07) is 11.0. The van der Waals surface area contributed by atoms with Crippen molar-refractivity contribution in [2.24, 2.45) is 0 Å². The fourth-order valence-corrected chi connectivity index (χ4v) is 2.12. The lowest BCUT2D eigenvalue weighted by molar-refractivity contribution is -0.135. The molecular formula is C15H15ClN2O2. The number of anilines is 1. The van der Waals surface area contributed by atoms with Gasteiger partial charge in [0, 0.05) is 16.9 Å². The van der Waals surface area contributed by atoms with E-state index in [1.54, 1.807) is 29.3 Å². The third kappa shape index (κ3) is 3.71. The molecule has 0 aliphatic heterocycles. The van der Waals surface area contributed by atoms with Gasteiger partial charge in [-0.15, -0.1) is 0 Å². The highest BCUT2D eigenvalue weighted by atomic mass is 35.5. The first-order valence-corrected chi connectivity index (χ1v) is 6.57. The summed E-state index contributed by atoms with van der Waals surface area (Å²) in [5.74, 6) is -0.890. The van der Waals surface area contributed by atoms with Crippen LogP contribution in [0.4, 0.5) is 5.69 Å². The summed E-state index contributed by atoms with van der Waals surface area (Å²) in [6.45, 7) is 2.29. The Bertz CT molecular complexity index is 616. The first kappa shape index (κ1) is 14.3. The normalized spacial score (nSPS) is 10.3. The monoisotopic (exact) mass is 290 g/mol. The molecule has 2 aromatic rings. The van der Waals surface area contributed by atoms with Crippen molar-refractivity contribution < 1.29 is 9.90 Å². The van der Waals surface area contributed by atoms with Crippen LogP contribution in [0.15, 0.2) is 42.6 Å². The summed E-state index contributed by atoms with van der Waals surface area (Å²) in [4.78, 5) is 17.1. The van der Waals surface area contributed by atoms with Crippen molar-refractivity contribution >= 4 is 23.3 Å². The molecule has 0 unspecified atom stereocenters. The van der Waals surface area contributed by atoms with Gasteiger partial charge in [0.2, 0.25) is 0 Å². The number of pyridine rings is 1. The number of carbonyl (C=O) groups is 1. The van der Waals surface area contributed by atoms with Crippen LogP contribution in [0, 0.1) is 6.92 Å². The van der Waals surface area contributed by atoms with Crippen LogP contribution in [-0.4, -0.2) is 22.6 Å². The van der Waals surface area contributed by atoms with Crippen molar-refractivity contribution in [3.8, 4) is 0 Å². The molecule has 0 spiro atoms. The van der Waals surface area contributed by atoms with E-state index in [-0.39, 0.29) is 6.54 Å². The smallest absolute Gasteiger partial charge is 0.323 e. The van der Waals surface area contributed by atoms with Gasteiger partial charge in [0.05, 0.1) is 12.2 Å². The minimum absolute atomic E-state index is 0.101. The lowest BCUT2D eigenvalue weighted by atomic mass is 10.2. The summed E-state index contributed by atoms with van der Waals surface area (Å²) in [5, 5.41) is 9.65. The maximum atomic E-state index is 11.0. The number of benzene rings is 1. The topological polar surface area (TPSA) is 53.4 Å². The zero-order chi connectivity index (χ0) is 14.5. The third-order valence-electron chi connectivity index (χ3n) is 2.96. The molecule has 20 heavy (non-hydrogen) atoms.